The van der Waals surface area contributed by atoms with Gasteiger partial charge in [-0.25, -0.2) is 4.98 Å². The van der Waals surface area contributed by atoms with E-state index in [1.807, 2.05) is 13.0 Å². The van der Waals surface area contributed by atoms with Crippen LogP contribution in [-0.4, -0.2) is 52.9 Å². The van der Waals surface area contributed by atoms with Crippen molar-refractivity contribution < 1.29 is 14.9 Å². The lowest BCUT2D eigenvalue weighted by Crippen LogP contribution is -3.27. The number of fused-ring (bicyclic) bond motifs is 1. The van der Waals surface area contributed by atoms with Crippen LogP contribution in [0.1, 0.15) is 29.2 Å². The van der Waals surface area contributed by atoms with E-state index in [0.717, 1.165) is 48.3 Å². The van der Waals surface area contributed by atoms with Crippen LogP contribution in [0.3, 0.4) is 0 Å². The number of aromatic hydroxyl groups is 1. The van der Waals surface area contributed by atoms with Crippen molar-refractivity contribution in [2.24, 2.45) is 0 Å². The lowest BCUT2D eigenvalue weighted by molar-refractivity contribution is -1.02. The fraction of sp³-hybridized carbons (Fsp3) is 0.444. The van der Waals surface area contributed by atoms with E-state index in [-0.39, 0.29) is 11.9 Å². The van der Waals surface area contributed by atoms with Gasteiger partial charge in [0.1, 0.15) is 31.1 Å². The summed E-state index contributed by atoms with van der Waals surface area (Å²) in [6.07, 6.45) is 0.776. The van der Waals surface area contributed by atoms with Crippen LogP contribution in [0.15, 0.2) is 30.3 Å². The SMILES string of the molecule is CCc1nc2sc([C@H](c3ccccc3)[NH+]3CC[NH+](C)CC3)c(O)n2n1. The second kappa shape index (κ2) is 6.74. The molecule has 0 unspecified atom stereocenters. The summed E-state index contributed by atoms with van der Waals surface area (Å²) in [5.41, 5.74) is 1.24. The van der Waals surface area contributed by atoms with Gasteiger partial charge >= 0.3 is 0 Å². The fourth-order valence-electron chi connectivity index (χ4n) is 3.63. The van der Waals surface area contributed by atoms with Crippen LogP contribution in [0.5, 0.6) is 5.88 Å². The van der Waals surface area contributed by atoms with Crippen LogP contribution in [0, 0.1) is 0 Å². The van der Waals surface area contributed by atoms with Crippen molar-refractivity contribution in [2.45, 2.75) is 19.4 Å². The molecule has 1 aliphatic heterocycles. The van der Waals surface area contributed by atoms with Crippen molar-refractivity contribution in [2.75, 3.05) is 33.2 Å². The summed E-state index contributed by atoms with van der Waals surface area (Å²) in [5.74, 6) is 1.03. The molecule has 6 nitrogen and oxygen atoms in total. The molecule has 25 heavy (non-hydrogen) atoms. The molecule has 132 valence electrons. The van der Waals surface area contributed by atoms with Gasteiger partial charge < -0.3 is 14.9 Å². The van der Waals surface area contributed by atoms with E-state index in [2.05, 4.69) is 41.4 Å². The van der Waals surface area contributed by atoms with Crippen LogP contribution in [0.25, 0.3) is 4.96 Å². The maximum atomic E-state index is 10.9. The van der Waals surface area contributed by atoms with E-state index in [1.54, 1.807) is 20.8 Å². The maximum Gasteiger partial charge on any atom is 0.235 e. The highest BCUT2D eigenvalue weighted by molar-refractivity contribution is 7.17. The number of piperazine rings is 1. The smallest absolute Gasteiger partial charge is 0.235 e. The van der Waals surface area contributed by atoms with E-state index < -0.39 is 0 Å². The van der Waals surface area contributed by atoms with Gasteiger partial charge in [0, 0.05) is 12.0 Å². The molecule has 0 bridgehead atoms. The molecule has 0 radical (unpaired) electrons. The number of nitrogens with one attached hydrogen (secondary N) is 2. The minimum absolute atomic E-state index is 0.132. The van der Waals surface area contributed by atoms with Gasteiger partial charge in [0.2, 0.25) is 10.8 Å². The molecule has 3 N–H and O–H groups in total. The number of hydrogen-bond donors (Lipinski definition) is 3. The zero-order valence-electron chi connectivity index (χ0n) is 14.7. The topological polar surface area (TPSA) is 59.3 Å². The normalized spacial score (nSPS) is 22.3. The first kappa shape index (κ1) is 16.5. The molecular formula is C18H25N5OS+2. The Morgan fingerprint density at radius 3 is 2.56 bits per heavy atom. The molecular weight excluding hydrogens is 334 g/mol. The second-order valence-corrected chi connectivity index (χ2v) is 7.83. The Morgan fingerprint density at radius 1 is 1.20 bits per heavy atom. The average molecular weight is 359 g/mol. The van der Waals surface area contributed by atoms with Crippen molar-refractivity contribution >= 4 is 16.3 Å². The lowest BCUT2D eigenvalue weighted by Gasteiger charge is -2.33. The third-order valence-electron chi connectivity index (χ3n) is 5.11. The summed E-state index contributed by atoms with van der Waals surface area (Å²) < 4.78 is 1.61. The van der Waals surface area contributed by atoms with Crippen molar-refractivity contribution in [1.82, 2.24) is 14.6 Å². The quantitative estimate of drug-likeness (QED) is 0.592. The second-order valence-electron chi connectivity index (χ2n) is 6.82. The predicted octanol–water partition coefficient (Wildman–Crippen LogP) is -0.439. The first-order chi connectivity index (χ1) is 12.2. The summed E-state index contributed by atoms with van der Waals surface area (Å²) in [7, 11) is 2.25. The van der Waals surface area contributed by atoms with Gasteiger partial charge in [0.25, 0.3) is 0 Å². The number of likely N-dealkylation sites (N-methyl/N-ethyl adjacent to an activating group) is 1. The number of thiazole rings is 1. The van der Waals surface area contributed by atoms with Gasteiger partial charge in [-0.05, 0) is 0 Å². The number of nitrogens with zero attached hydrogens (tertiary/aromatic N) is 3. The molecule has 1 aromatic carbocycles. The zero-order chi connectivity index (χ0) is 17.4. The Balaban J connectivity index is 1.78. The highest BCUT2D eigenvalue weighted by Crippen LogP contribution is 2.34. The van der Waals surface area contributed by atoms with Crippen LogP contribution in [-0.2, 0) is 6.42 Å². The fourth-order valence-corrected chi connectivity index (χ4v) is 4.79. The molecule has 0 aliphatic carbocycles. The number of aryl methyl sites for hydroxylation is 1. The average Bonchev–Trinajstić information content (AvgIpc) is 3.18. The van der Waals surface area contributed by atoms with Crippen molar-refractivity contribution in [3.63, 3.8) is 0 Å². The zero-order valence-corrected chi connectivity index (χ0v) is 15.5. The summed E-state index contributed by atoms with van der Waals surface area (Å²) in [6.45, 7) is 6.53. The molecule has 2 aromatic heterocycles. The Bertz CT molecular complexity index is 851. The highest BCUT2D eigenvalue weighted by atomic mass is 32.1. The first-order valence-corrected chi connectivity index (χ1v) is 9.77. The van der Waals surface area contributed by atoms with Gasteiger partial charge in [-0.15, -0.1) is 5.10 Å². The Labute approximate surface area is 151 Å². The molecule has 1 saturated heterocycles. The summed E-state index contributed by atoms with van der Waals surface area (Å²) in [6, 6.07) is 10.7. The predicted molar refractivity (Wildman–Crippen MR) is 97.5 cm³/mol. The van der Waals surface area contributed by atoms with Crippen molar-refractivity contribution in [1.29, 1.82) is 0 Å². The molecule has 0 amide bonds. The third kappa shape index (κ3) is 3.03. The Morgan fingerprint density at radius 2 is 1.92 bits per heavy atom. The molecule has 3 heterocycles. The molecule has 4 rings (SSSR count). The summed E-state index contributed by atoms with van der Waals surface area (Å²) in [4.78, 5) is 9.38. The van der Waals surface area contributed by atoms with Crippen LogP contribution in [0.4, 0.5) is 0 Å². The highest BCUT2D eigenvalue weighted by Gasteiger charge is 2.35. The molecule has 1 aliphatic rings. The standard InChI is InChI=1S/C18H23N5OS/c1-3-14-19-18-23(20-14)17(24)16(25-18)15(13-7-5-4-6-8-13)22-11-9-21(2)10-12-22/h4-8,15,24H,3,9-12H2,1-2H3/p+2/t15-/m0/s1. The molecule has 1 fully saturated rings. The van der Waals surface area contributed by atoms with Gasteiger partial charge in [0.05, 0.1) is 7.05 Å². The minimum atomic E-state index is 0.132. The van der Waals surface area contributed by atoms with Crippen LogP contribution in [0.2, 0.25) is 0 Å². The lowest BCUT2D eigenvalue weighted by atomic mass is 10.0. The van der Waals surface area contributed by atoms with Gasteiger partial charge in [-0.1, -0.05) is 48.6 Å². The van der Waals surface area contributed by atoms with Crippen LogP contribution < -0.4 is 9.80 Å². The van der Waals surface area contributed by atoms with E-state index in [4.69, 9.17) is 0 Å². The summed E-state index contributed by atoms with van der Waals surface area (Å²) in [5, 5.41) is 15.3. The first-order valence-electron chi connectivity index (χ1n) is 8.95. The van der Waals surface area contributed by atoms with Gasteiger partial charge in [-0.3, -0.25) is 0 Å². The van der Waals surface area contributed by atoms with E-state index in [9.17, 15) is 5.11 Å². The maximum absolute atomic E-state index is 10.9. The molecule has 0 spiro atoms. The Hall–Kier alpha value is -1.96. The summed E-state index contributed by atoms with van der Waals surface area (Å²) >= 11 is 1.57. The van der Waals surface area contributed by atoms with E-state index >= 15 is 0 Å². The molecule has 7 heteroatoms. The number of benzene rings is 1. The number of aromatic nitrogens is 3. The monoisotopic (exact) mass is 359 g/mol. The van der Waals surface area contributed by atoms with E-state index in [0.29, 0.717) is 0 Å². The molecule has 1 atom stereocenters. The largest absolute Gasteiger partial charge is 0.492 e. The van der Waals surface area contributed by atoms with Gasteiger partial charge in [0.15, 0.2) is 11.9 Å². The van der Waals surface area contributed by atoms with Crippen molar-refractivity contribution in [3.8, 4) is 5.88 Å². The van der Waals surface area contributed by atoms with Gasteiger partial charge in [-0.2, -0.15) is 4.52 Å². The Kier molecular flexibility index (Phi) is 4.45. The van der Waals surface area contributed by atoms with E-state index in [1.165, 1.54) is 10.5 Å². The van der Waals surface area contributed by atoms with Crippen molar-refractivity contribution in [3.05, 3.63) is 46.6 Å². The number of rotatable bonds is 4. The number of hydrogen-bond acceptors (Lipinski definition) is 4. The molecule has 0 saturated carbocycles. The molecule has 3 aromatic rings. The third-order valence-corrected chi connectivity index (χ3v) is 6.19. The van der Waals surface area contributed by atoms with Crippen LogP contribution >= 0.6 is 11.3 Å². The number of quaternary nitrogens is 2. The minimum Gasteiger partial charge on any atom is -0.492 e.